The van der Waals surface area contributed by atoms with E-state index in [9.17, 15) is 21.6 Å². The Bertz CT molecular complexity index is 1240. The van der Waals surface area contributed by atoms with Gasteiger partial charge in [0, 0.05) is 36.4 Å². The van der Waals surface area contributed by atoms with Gasteiger partial charge in [-0.25, -0.2) is 18.1 Å². The van der Waals surface area contributed by atoms with E-state index in [1.165, 1.54) is 0 Å². The molecule has 182 valence electrons. The Kier molecular flexibility index (Phi) is 7.06. The standard InChI is InChI=1S/C23H26F3N5O2S/c1-16-20-6-7-22(29-21(20)8-11-27-16)28-12-15-31-13-9-18(10-14-31)30-34(32,33)19-4-2-17(3-5-19)23(24,25)26/h2-8,11,18,30H,9-10,12-15H2,1H3,(H,28,29). The average molecular weight is 494 g/mol. The molecule has 1 fully saturated rings. The number of likely N-dealkylation sites (tertiary alicyclic amines) is 1. The molecule has 0 amide bonds. The summed E-state index contributed by atoms with van der Waals surface area (Å²) in [5.74, 6) is 0.789. The third-order valence-corrected chi connectivity index (χ3v) is 7.49. The van der Waals surface area contributed by atoms with Crippen molar-refractivity contribution in [3.8, 4) is 0 Å². The highest BCUT2D eigenvalue weighted by atomic mass is 32.2. The van der Waals surface area contributed by atoms with Crippen LogP contribution < -0.4 is 10.0 Å². The predicted octanol–water partition coefficient (Wildman–Crippen LogP) is 3.81. The lowest BCUT2D eigenvalue weighted by Crippen LogP contribution is -2.45. The van der Waals surface area contributed by atoms with Crippen LogP contribution in [-0.4, -0.2) is 55.5 Å². The van der Waals surface area contributed by atoms with Gasteiger partial charge in [0.05, 0.1) is 16.0 Å². The number of nitrogens with zero attached hydrogens (tertiary/aromatic N) is 3. The maximum absolute atomic E-state index is 12.7. The Labute approximate surface area is 196 Å². The second-order valence-corrected chi connectivity index (χ2v) is 10.1. The molecule has 1 saturated heterocycles. The van der Waals surface area contributed by atoms with E-state index < -0.39 is 21.8 Å². The third-order valence-electron chi connectivity index (χ3n) is 5.95. The van der Waals surface area contributed by atoms with E-state index >= 15 is 0 Å². The van der Waals surface area contributed by atoms with E-state index in [1.54, 1.807) is 6.20 Å². The summed E-state index contributed by atoms with van der Waals surface area (Å²) in [5.41, 5.74) is 0.950. The number of hydrogen-bond acceptors (Lipinski definition) is 6. The molecule has 0 spiro atoms. The van der Waals surface area contributed by atoms with Crippen LogP contribution in [0.1, 0.15) is 24.1 Å². The van der Waals surface area contributed by atoms with Gasteiger partial charge < -0.3 is 10.2 Å². The Morgan fingerprint density at radius 3 is 2.44 bits per heavy atom. The zero-order chi connectivity index (χ0) is 24.3. The largest absolute Gasteiger partial charge is 0.416 e. The smallest absolute Gasteiger partial charge is 0.369 e. The first-order valence-corrected chi connectivity index (χ1v) is 12.5. The molecule has 0 atom stereocenters. The van der Waals surface area contributed by atoms with Crippen LogP contribution in [0.3, 0.4) is 0 Å². The van der Waals surface area contributed by atoms with Gasteiger partial charge in [-0.1, -0.05) is 0 Å². The van der Waals surface area contributed by atoms with Crippen LogP contribution >= 0.6 is 0 Å². The normalized spacial score (nSPS) is 16.1. The second-order valence-electron chi connectivity index (χ2n) is 8.35. The molecule has 1 aliphatic rings. The quantitative estimate of drug-likeness (QED) is 0.521. The second kappa shape index (κ2) is 9.85. The van der Waals surface area contributed by atoms with Crippen molar-refractivity contribution in [2.45, 2.75) is 36.9 Å². The molecule has 11 heteroatoms. The van der Waals surface area contributed by atoms with Crippen LogP contribution in [0.5, 0.6) is 0 Å². The lowest BCUT2D eigenvalue weighted by Gasteiger charge is -2.32. The van der Waals surface area contributed by atoms with Crippen LogP contribution in [-0.2, 0) is 16.2 Å². The van der Waals surface area contributed by atoms with Crippen LogP contribution in [0.4, 0.5) is 19.0 Å². The fourth-order valence-electron chi connectivity index (χ4n) is 4.02. The van der Waals surface area contributed by atoms with Crippen molar-refractivity contribution in [3.63, 3.8) is 0 Å². The van der Waals surface area contributed by atoms with E-state index in [1.807, 2.05) is 25.1 Å². The van der Waals surface area contributed by atoms with Crippen molar-refractivity contribution in [1.29, 1.82) is 0 Å². The third kappa shape index (κ3) is 5.83. The molecule has 3 heterocycles. The highest BCUT2D eigenvalue weighted by molar-refractivity contribution is 7.89. The summed E-state index contributed by atoms with van der Waals surface area (Å²) in [4.78, 5) is 11.0. The van der Waals surface area contributed by atoms with Crippen LogP contribution in [0.15, 0.2) is 53.6 Å². The first-order valence-electron chi connectivity index (χ1n) is 11.0. The van der Waals surface area contributed by atoms with Gasteiger partial charge >= 0.3 is 6.18 Å². The predicted molar refractivity (Wildman–Crippen MR) is 124 cm³/mol. The molecule has 4 rings (SSSR count). The molecule has 0 aliphatic carbocycles. The summed E-state index contributed by atoms with van der Waals surface area (Å²) >= 11 is 0. The van der Waals surface area contributed by atoms with Crippen molar-refractivity contribution in [1.82, 2.24) is 19.6 Å². The van der Waals surface area contributed by atoms with Crippen molar-refractivity contribution in [3.05, 3.63) is 59.9 Å². The van der Waals surface area contributed by atoms with Crippen LogP contribution in [0, 0.1) is 6.92 Å². The number of sulfonamides is 1. The maximum atomic E-state index is 12.7. The fraction of sp³-hybridized carbons (Fsp3) is 0.391. The minimum absolute atomic E-state index is 0.166. The molecular formula is C23H26F3N5O2S. The number of aromatic nitrogens is 2. The number of alkyl halides is 3. The Morgan fingerprint density at radius 1 is 1.06 bits per heavy atom. The number of rotatable bonds is 7. The molecule has 0 bridgehead atoms. The van der Waals surface area contributed by atoms with Crippen molar-refractivity contribution < 1.29 is 21.6 Å². The Morgan fingerprint density at radius 2 is 1.76 bits per heavy atom. The molecule has 3 aromatic rings. The first kappa shape index (κ1) is 24.4. The van der Waals surface area contributed by atoms with Gasteiger partial charge in [-0.3, -0.25) is 4.98 Å². The maximum Gasteiger partial charge on any atom is 0.416 e. The highest BCUT2D eigenvalue weighted by Crippen LogP contribution is 2.29. The van der Waals surface area contributed by atoms with Gasteiger partial charge in [0.2, 0.25) is 10.0 Å². The molecule has 1 aromatic carbocycles. The number of nitrogens with one attached hydrogen (secondary N) is 2. The summed E-state index contributed by atoms with van der Waals surface area (Å²) in [6.07, 6.45) is -1.51. The molecule has 34 heavy (non-hydrogen) atoms. The Balaban J connectivity index is 1.24. The summed E-state index contributed by atoms with van der Waals surface area (Å²) in [5, 5.41) is 4.35. The minimum atomic E-state index is -4.50. The van der Waals surface area contributed by atoms with Crippen molar-refractivity contribution in [2.75, 3.05) is 31.5 Å². The number of piperidine rings is 1. The summed E-state index contributed by atoms with van der Waals surface area (Å²) in [7, 11) is -3.87. The van der Waals surface area contributed by atoms with Crippen molar-refractivity contribution in [2.24, 2.45) is 0 Å². The van der Waals surface area contributed by atoms with Crippen molar-refractivity contribution >= 4 is 26.7 Å². The van der Waals surface area contributed by atoms with Gasteiger partial charge in [-0.05, 0) is 75.3 Å². The molecule has 0 radical (unpaired) electrons. The Hall–Kier alpha value is -2.76. The number of hydrogen-bond donors (Lipinski definition) is 2. The van der Waals surface area contributed by atoms with Crippen LogP contribution in [0.25, 0.3) is 10.9 Å². The average Bonchev–Trinajstić information content (AvgIpc) is 2.80. The molecule has 1 aliphatic heterocycles. The van der Waals surface area contributed by atoms with Gasteiger partial charge in [0.15, 0.2) is 0 Å². The lowest BCUT2D eigenvalue weighted by molar-refractivity contribution is -0.137. The fourth-order valence-corrected chi connectivity index (χ4v) is 5.33. The summed E-state index contributed by atoms with van der Waals surface area (Å²) < 4.78 is 65.9. The molecule has 2 N–H and O–H groups in total. The number of fused-ring (bicyclic) bond motifs is 1. The number of pyridine rings is 2. The number of anilines is 1. The van der Waals surface area contributed by atoms with E-state index in [0.29, 0.717) is 19.4 Å². The van der Waals surface area contributed by atoms with E-state index in [2.05, 4.69) is 24.9 Å². The highest BCUT2D eigenvalue weighted by Gasteiger charge is 2.31. The topological polar surface area (TPSA) is 87.2 Å². The number of benzene rings is 1. The molecule has 0 saturated carbocycles. The number of halogens is 3. The van der Waals surface area contributed by atoms with Gasteiger partial charge in [-0.15, -0.1) is 0 Å². The first-order chi connectivity index (χ1) is 16.1. The van der Waals surface area contributed by atoms with Gasteiger partial charge in [0.25, 0.3) is 0 Å². The summed E-state index contributed by atoms with van der Waals surface area (Å²) in [6, 6.07) is 9.11. The van der Waals surface area contributed by atoms with Crippen LogP contribution in [0.2, 0.25) is 0 Å². The van der Waals surface area contributed by atoms with Gasteiger partial charge in [-0.2, -0.15) is 13.2 Å². The lowest BCUT2D eigenvalue weighted by atomic mass is 10.1. The number of aryl methyl sites for hydroxylation is 1. The monoisotopic (exact) mass is 493 g/mol. The van der Waals surface area contributed by atoms with E-state index in [0.717, 1.165) is 66.3 Å². The zero-order valence-electron chi connectivity index (χ0n) is 18.6. The minimum Gasteiger partial charge on any atom is -0.369 e. The molecule has 2 aromatic heterocycles. The van der Waals surface area contributed by atoms with E-state index in [4.69, 9.17) is 0 Å². The molecule has 7 nitrogen and oxygen atoms in total. The molecule has 0 unspecified atom stereocenters. The SMILES string of the molecule is Cc1nccc2nc(NCCN3CCC(NS(=O)(=O)c4ccc(C(F)(F)F)cc4)CC3)ccc12. The van der Waals surface area contributed by atoms with E-state index in [-0.39, 0.29) is 10.9 Å². The van der Waals surface area contributed by atoms with Gasteiger partial charge in [0.1, 0.15) is 5.82 Å². The zero-order valence-corrected chi connectivity index (χ0v) is 19.5. The summed E-state index contributed by atoms with van der Waals surface area (Å²) in [6.45, 7) is 4.87. The molecular weight excluding hydrogens is 467 g/mol.